The number of nitrogens with zero attached hydrogens (tertiary/aromatic N) is 2. The van der Waals surface area contributed by atoms with Gasteiger partial charge in [-0.25, -0.2) is 0 Å². The predicted octanol–water partition coefficient (Wildman–Crippen LogP) is 3.36. The summed E-state index contributed by atoms with van der Waals surface area (Å²) in [6, 6.07) is 11.1. The molecule has 3 nitrogen and oxygen atoms in total. The van der Waals surface area contributed by atoms with Crippen molar-refractivity contribution in [2.24, 2.45) is 17.6 Å². The molecule has 4 unspecified atom stereocenters. The van der Waals surface area contributed by atoms with Crippen LogP contribution in [0.15, 0.2) is 36.5 Å². The molecule has 5 atom stereocenters. The van der Waals surface area contributed by atoms with Gasteiger partial charge in [0.2, 0.25) is 0 Å². The van der Waals surface area contributed by atoms with E-state index >= 15 is 0 Å². The van der Waals surface area contributed by atoms with Gasteiger partial charge < -0.3 is 5.73 Å². The summed E-state index contributed by atoms with van der Waals surface area (Å²) in [6.45, 7) is 4.79. The van der Waals surface area contributed by atoms with E-state index in [0.717, 1.165) is 17.4 Å². The fourth-order valence-electron chi connectivity index (χ4n) is 4.63. The molecule has 1 aromatic heterocycles. The van der Waals surface area contributed by atoms with Gasteiger partial charge in [0.25, 0.3) is 0 Å². The summed E-state index contributed by atoms with van der Waals surface area (Å²) in [5.74, 6) is 1.76. The van der Waals surface area contributed by atoms with Crippen molar-refractivity contribution in [3.63, 3.8) is 0 Å². The minimum atomic E-state index is 0.0912. The zero-order valence-electron chi connectivity index (χ0n) is 13.3. The van der Waals surface area contributed by atoms with Crippen LogP contribution >= 0.6 is 0 Å². The third-order valence-electron chi connectivity index (χ3n) is 5.92. The summed E-state index contributed by atoms with van der Waals surface area (Å²) >= 11 is 0. The Morgan fingerprint density at radius 3 is 2.95 bits per heavy atom. The number of piperidine rings is 3. The first kappa shape index (κ1) is 14.2. The van der Waals surface area contributed by atoms with Crippen LogP contribution in [0.25, 0.3) is 10.9 Å². The van der Waals surface area contributed by atoms with E-state index in [2.05, 4.69) is 41.1 Å². The minimum absolute atomic E-state index is 0.0912. The highest BCUT2D eigenvalue weighted by Gasteiger charge is 2.41. The van der Waals surface area contributed by atoms with Crippen LogP contribution < -0.4 is 5.73 Å². The average molecular weight is 295 g/mol. The molecule has 116 valence electrons. The Morgan fingerprint density at radius 1 is 1.32 bits per heavy atom. The Bertz CT molecular complexity index is 663. The van der Waals surface area contributed by atoms with E-state index in [1.165, 1.54) is 43.3 Å². The zero-order chi connectivity index (χ0) is 15.1. The molecule has 2 bridgehead atoms. The Kier molecular flexibility index (Phi) is 3.63. The first-order valence-corrected chi connectivity index (χ1v) is 8.61. The molecule has 3 saturated heterocycles. The van der Waals surface area contributed by atoms with Gasteiger partial charge in [0.1, 0.15) is 0 Å². The number of aromatic nitrogens is 1. The molecule has 4 heterocycles. The number of fused-ring (bicyclic) bond motifs is 4. The first-order valence-electron chi connectivity index (χ1n) is 8.61. The van der Waals surface area contributed by atoms with Crippen LogP contribution in [0.3, 0.4) is 0 Å². The summed E-state index contributed by atoms with van der Waals surface area (Å²) in [7, 11) is 0. The van der Waals surface area contributed by atoms with Crippen LogP contribution in [0.2, 0.25) is 0 Å². The van der Waals surface area contributed by atoms with Gasteiger partial charge in [0.15, 0.2) is 0 Å². The monoisotopic (exact) mass is 295 g/mol. The van der Waals surface area contributed by atoms with E-state index in [0.29, 0.717) is 6.04 Å². The molecule has 0 radical (unpaired) electrons. The fraction of sp³-hybridized carbons (Fsp3) is 0.526. The second-order valence-electron chi connectivity index (χ2n) is 6.96. The van der Waals surface area contributed by atoms with Crippen molar-refractivity contribution in [2.75, 3.05) is 13.1 Å². The van der Waals surface area contributed by atoms with Crippen LogP contribution in [0.5, 0.6) is 0 Å². The van der Waals surface area contributed by atoms with Gasteiger partial charge in [0, 0.05) is 30.2 Å². The lowest BCUT2D eigenvalue weighted by Gasteiger charge is -2.51. The molecule has 1 aromatic carbocycles. The van der Waals surface area contributed by atoms with E-state index < -0.39 is 0 Å². The first-order chi connectivity index (χ1) is 10.8. The van der Waals surface area contributed by atoms with Gasteiger partial charge in [-0.2, -0.15) is 0 Å². The van der Waals surface area contributed by atoms with Gasteiger partial charge in [-0.05, 0) is 48.9 Å². The van der Waals surface area contributed by atoms with Crippen molar-refractivity contribution >= 4 is 10.9 Å². The Morgan fingerprint density at radius 2 is 2.18 bits per heavy atom. The summed E-state index contributed by atoms with van der Waals surface area (Å²) < 4.78 is 0. The standard InChI is InChI=1S/C19H25N3/c1-2-13-12-22-10-8-14(13)11-18(22)19(20)16-7-9-21-17-6-4-3-5-15(16)17/h3-7,9,13-14,18-19H,2,8,10-12,20H2,1H3/t13?,14?,18?,19-/m1/s1. The Hall–Kier alpha value is -1.45. The molecule has 3 fully saturated rings. The van der Waals surface area contributed by atoms with E-state index in [1.54, 1.807) is 0 Å². The molecule has 0 amide bonds. The van der Waals surface area contributed by atoms with Crippen molar-refractivity contribution < 1.29 is 0 Å². The summed E-state index contributed by atoms with van der Waals surface area (Å²) in [4.78, 5) is 7.12. The van der Waals surface area contributed by atoms with Gasteiger partial charge in [-0.1, -0.05) is 31.5 Å². The molecule has 3 aliphatic rings. The molecular weight excluding hydrogens is 270 g/mol. The highest BCUT2D eigenvalue weighted by atomic mass is 15.2. The third-order valence-corrected chi connectivity index (χ3v) is 5.92. The normalized spacial score (nSPS) is 32.3. The van der Waals surface area contributed by atoms with Gasteiger partial charge in [-0.3, -0.25) is 9.88 Å². The maximum Gasteiger partial charge on any atom is 0.0705 e. The molecule has 0 aliphatic carbocycles. The van der Waals surface area contributed by atoms with Gasteiger partial charge in [-0.15, -0.1) is 0 Å². The topological polar surface area (TPSA) is 42.1 Å². The second-order valence-corrected chi connectivity index (χ2v) is 6.96. The minimum Gasteiger partial charge on any atom is -0.323 e. The highest BCUT2D eigenvalue weighted by molar-refractivity contribution is 5.82. The largest absolute Gasteiger partial charge is 0.323 e. The van der Waals surface area contributed by atoms with Crippen LogP contribution in [0, 0.1) is 11.8 Å². The van der Waals surface area contributed by atoms with E-state index in [1.807, 2.05) is 12.3 Å². The molecule has 2 N–H and O–H groups in total. The molecule has 3 aliphatic heterocycles. The predicted molar refractivity (Wildman–Crippen MR) is 90.5 cm³/mol. The van der Waals surface area contributed by atoms with Crippen molar-refractivity contribution in [2.45, 2.75) is 38.3 Å². The summed E-state index contributed by atoms with van der Waals surface area (Å²) in [6.07, 6.45) is 5.83. The summed E-state index contributed by atoms with van der Waals surface area (Å²) in [5.41, 5.74) is 9.05. The Labute approximate surface area is 132 Å². The Balaban J connectivity index is 1.66. The lowest BCUT2D eigenvalue weighted by molar-refractivity contribution is -0.0105. The highest BCUT2D eigenvalue weighted by Crippen LogP contribution is 2.41. The molecule has 0 saturated carbocycles. The third kappa shape index (κ3) is 2.24. The number of para-hydroxylation sites is 1. The van der Waals surface area contributed by atoms with Crippen LogP contribution in [0.1, 0.15) is 37.8 Å². The molecule has 22 heavy (non-hydrogen) atoms. The number of pyridine rings is 1. The van der Waals surface area contributed by atoms with E-state index in [-0.39, 0.29) is 6.04 Å². The molecular formula is C19H25N3. The van der Waals surface area contributed by atoms with E-state index in [9.17, 15) is 0 Å². The van der Waals surface area contributed by atoms with Crippen molar-refractivity contribution in [1.82, 2.24) is 9.88 Å². The summed E-state index contributed by atoms with van der Waals surface area (Å²) in [5, 5.41) is 1.21. The van der Waals surface area contributed by atoms with Crippen molar-refractivity contribution in [1.29, 1.82) is 0 Å². The van der Waals surface area contributed by atoms with Crippen LogP contribution in [-0.4, -0.2) is 29.0 Å². The van der Waals surface area contributed by atoms with E-state index in [4.69, 9.17) is 5.73 Å². The number of nitrogens with two attached hydrogens (primary N) is 1. The molecule has 2 aromatic rings. The van der Waals surface area contributed by atoms with Gasteiger partial charge >= 0.3 is 0 Å². The molecule has 0 spiro atoms. The molecule has 3 heteroatoms. The average Bonchev–Trinajstić information content (AvgIpc) is 2.60. The zero-order valence-corrected chi connectivity index (χ0v) is 13.3. The quantitative estimate of drug-likeness (QED) is 0.944. The van der Waals surface area contributed by atoms with Crippen molar-refractivity contribution in [3.05, 3.63) is 42.1 Å². The number of benzene rings is 1. The molecule has 5 rings (SSSR count). The maximum atomic E-state index is 6.74. The van der Waals surface area contributed by atoms with Gasteiger partial charge in [0.05, 0.1) is 5.52 Å². The number of hydrogen-bond acceptors (Lipinski definition) is 3. The van der Waals surface area contributed by atoms with Crippen molar-refractivity contribution in [3.8, 4) is 0 Å². The lowest BCUT2D eigenvalue weighted by atomic mass is 9.72. The second kappa shape index (κ2) is 5.64. The smallest absolute Gasteiger partial charge is 0.0705 e. The number of hydrogen-bond donors (Lipinski definition) is 1. The number of rotatable bonds is 3. The van der Waals surface area contributed by atoms with Crippen LogP contribution in [0.4, 0.5) is 0 Å². The van der Waals surface area contributed by atoms with Crippen LogP contribution in [-0.2, 0) is 0 Å². The SMILES string of the molecule is CCC1CN2CCC1CC2[C@H](N)c1ccnc2ccccc12. The lowest BCUT2D eigenvalue weighted by Crippen LogP contribution is -2.56. The maximum absolute atomic E-state index is 6.74. The fourth-order valence-corrected chi connectivity index (χ4v) is 4.63.